The summed E-state index contributed by atoms with van der Waals surface area (Å²) >= 11 is 9.48. The maximum atomic E-state index is 5.93. The molecule has 0 atom stereocenters. The zero-order valence-electron chi connectivity index (χ0n) is 13.4. The number of rotatable bonds is 8. The summed E-state index contributed by atoms with van der Waals surface area (Å²) in [6.45, 7) is 4.41. The maximum Gasteiger partial charge on any atom is 0.175 e. The Morgan fingerprint density at radius 2 is 1.87 bits per heavy atom. The van der Waals surface area contributed by atoms with Crippen molar-refractivity contribution in [1.82, 2.24) is 5.32 Å². The molecule has 0 amide bonds. The molecule has 0 heterocycles. The van der Waals surface area contributed by atoms with E-state index in [1.807, 2.05) is 30.3 Å². The molecule has 0 radical (unpaired) electrons. The van der Waals surface area contributed by atoms with Gasteiger partial charge in [0.15, 0.2) is 11.5 Å². The minimum Gasteiger partial charge on any atom is -0.493 e. The Morgan fingerprint density at radius 1 is 1.13 bits per heavy atom. The quantitative estimate of drug-likeness (QED) is 0.621. The van der Waals surface area contributed by atoms with Crippen LogP contribution >= 0.6 is 27.5 Å². The van der Waals surface area contributed by atoms with Crippen LogP contribution < -0.4 is 14.8 Å². The smallest absolute Gasteiger partial charge is 0.175 e. The first-order valence-corrected chi connectivity index (χ1v) is 8.75. The van der Waals surface area contributed by atoms with Crippen molar-refractivity contribution in [2.24, 2.45) is 0 Å². The first-order chi connectivity index (χ1) is 11.1. The van der Waals surface area contributed by atoms with E-state index in [4.69, 9.17) is 21.1 Å². The lowest BCUT2D eigenvalue weighted by molar-refractivity contribution is 0.282. The highest BCUT2D eigenvalue weighted by atomic mass is 79.9. The molecule has 0 fully saturated rings. The molecule has 0 aliphatic carbocycles. The van der Waals surface area contributed by atoms with E-state index >= 15 is 0 Å². The van der Waals surface area contributed by atoms with Crippen LogP contribution in [0.15, 0.2) is 40.9 Å². The lowest BCUT2D eigenvalue weighted by Gasteiger charge is -2.15. The van der Waals surface area contributed by atoms with Gasteiger partial charge in [-0.1, -0.05) is 30.7 Å². The average Bonchev–Trinajstić information content (AvgIpc) is 2.55. The summed E-state index contributed by atoms with van der Waals surface area (Å²) in [5, 5.41) is 4.10. The van der Waals surface area contributed by atoms with Crippen LogP contribution in [0.1, 0.15) is 24.5 Å². The monoisotopic (exact) mass is 397 g/mol. The summed E-state index contributed by atoms with van der Waals surface area (Å²) in [4.78, 5) is 0. The Morgan fingerprint density at radius 3 is 2.52 bits per heavy atom. The van der Waals surface area contributed by atoms with Gasteiger partial charge < -0.3 is 14.8 Å². The number of nitrogens with one attached hydrogen (secondary N) is 1. The highest BCUT2D eigenvalue weighted by molar-refractivity contribution is 9.10. The highest BCUT2D eigenvalue weighted by Gasteiger charge is 2.12. The van der Waals surface area contributed by atoms with Crippen LogP contribution in [0.2, 0.25) is 5.02 Å². The van der Waals surface area contributed by atoms with Crippen molar-refractivity contribution in [3.63, 3.8) is 0 Å². The Labute approximate surface area is 151 Å². The minimum atomic E-state index is 0.458. The van der Waals surface area contributed by atoms with E-state index in [1.54, 1.807) is 7.11 Å². The molecule has 2 aromatic rings. The molecular weight excluding hydrogens is 378 g/mol. The molecule has 124 valence electrons. The van der Waals surface area contributed by atoms with Gasteiger partial charge in [-0.25, -0.2) is 0 Å². The standard InChI is InChI=1S/C18H21BrClNO2/c1-3-8-21-11-14-9-16(19)18(17(10-14)22-2)23-12-13-4-6-15(20)7-5-13/h4-7,9-10,21H,3,8,11-12H2,1-2H3. The van der Waals surface area contributed by atoms with Crippen molar-refractivity contribution in [3.8, 4) is 11.5 Å². The summed E-state index contributed by atoms with van der Waals surface area (Å²) in [6.07, 6.45) is 1.11. The zero-order valence-corrected chi connectivity index (χ0v) is 15.7. The second-order valence-electron chi connectivity index (χ2n) is 5.20. The van der Waals surface area contributed by atoms with Gasteiger partial charge in [-0.05, 0) is 64.3 Å². The second kappa shape index (κ2) is 9.16. The van der Waals surface area contributed by atoms with Crippen molar-refractivity contribution in [2.45, 2.75) is 26.5 Å². The van der Waals surface area contributed by atoms with Gasteiger partial charge in [0.25, 0.3) is 0 Å². The van der Waals surface area contributed by atoms with Crippen LogP contribution in [0.5, 0.6) is 11.5 Å². The Balaban J connectivity index is 2.09. The van der Waals surface area contributed by atoms with Crippen molar-refractivity contribution in [2.75, 3.05) is 13.7 Å². The normalized spacial score (nSPS) is 10.6. The zero-order chi connectivity index (χ0) is 16.7. The van der Waals surface area contributed by atoms with Crippen LogP contribution in [0.3, 0.4) is 0 Å². The molecule has 0 spiro atoms. The average molecular weight is 399 g/mol. The number of benzene rings is 2. The van der Waals surface area contributed by atoms with Crippen molar-refractivity contribution in [1.29, 1.82) is 0 Å². The Kier molecular flexibility index (Phi) is 7.21. The fourth-order valence-corrected chi connectivity index (χ4v) is 2.89. The molecule has 0 unspecified atom stereocenters. The molecule has 0 aliphatic rings. The minimum absolute atomic E-state index is 0.458. The van der Waals surface area contributed by atoms with E-state index in [2.05, 4.69) is 34.2 Å². The van der Waals surface area contributed by atoms with E-state index < -0.39 is 0 Å². The molecule has 1 N–H and O–H groups in total. The van der Waals surface area contributed by atoms with Gasteiger partial charge in [0, 0.05) is 11.6 Å². The lowest BCUT2D eigenvalue weighted by Crippen LogP contribution is -2.14. The molecule has 0 bridgehead atoms. The second-order valence-corrected chi connectivity index (χ2v) is 6.49. The number of methoxy groups -OCH3 is 1. The fourth-order valence-electron chi connectivity index (χ4n) is 2.16. The number of halogens is 2. The molecule has 0 saturated carbocycles. The van der Waals surface area contributed by atoms with Gasteiger partial charge >= 0.3 is 0 Å². The van der Waals surface area contributed by atoms with Crippen LogP contribution in [0.25, 0.3) is 0 Å². The molecule has 23 heavy (non-hydrogen) atoms. The predicted molar refractivity (Wildman–Crippen MR) is 98.5 cm³/mol. The third-order valence-corrected chi connectivity index (χ3v) is 4.18. The lowest BCUT2D eigenvalue weighted by atomic mass is 10.2. The summed E-state index contributed by atoms with van der Waals surface area (Å²) in [7, 11) is 1.65. The predicted octanol–water partition coefficient (Wildman–Crippen LogP) is 5.19. The summed E-state index contributed by atoms with van der Waals surface area (Å²) in [5.41, 5.74) is 2.21. The maximum absolute atomic E-state index is 5.93. The summed E-state index contributed by atoms with van der Waals surface area (Å²) in [5.74, 6) is 1.43. The van der Waals surface area contributed by atoms with Crippen molar-refractivity contribution in [3.05, 3.63) is 57.0 Å². The van der Waals surface area contributed by atoms with Gasteiger partial charge in [0.2, 0.25) is 0 Å². The molecular formula is C18H21BrClNO2. The molecule has 0 aliphatic heterocycles. The third-order valence-electron chi connectivity index (χ3n) is 3.34. The number of hydrogen-bond donors (Lipinski definition) is 1. The van der Waals surface area contributed by atoms with Gasteiger partial charge in [0.1, 0.15) is 6.61 Å². The van der Waals surface area contributed by atoms with Crippen LogP contribution in [0, 0.1) is 0 Å². The molecule has 2 aromatic carbocycles. The van der Waals surface area contributed by atoms with Crippen molar-refractivity contribution < 1.29 is 9.47 Å². The van der Waals surface area contributed by atoms with Gasteiger partial charge in [0.05, 0.1) is 11.6 Å². The van der Waals surface area contributed by atoms with Crippen LogP contribution in [-0.2, 0) is 13.2 Å². The fraction of sp³-hybridized carbons (Fsp3) is 0.333. The first-order valence-electron chi connectivity index (χ1n) is 7.58. The molecule has 0 aromatic heterocycles. The number of hydrogen-bond acceptors (Lipinski definition) is 3. The van der Waals surface area contributed by atoms with Gasteiger partial charge in [-0.15, -0.1) is 0 Å². The van der Waals surface area contributed by atoms with E-state index in [9.17, 15) is 0 Å². The van der Waals surface area contributed by atoms with Crippen LogP contribution in [0.4, 0.5) is 0 Å². The third kappa shape index (κ3) is 5.41. The van der Waals surface area contributed by atoms with E-state index in [0.717, 1.165) is 45.9 Å². The van der Waals surface area contributed by atoms with Gasteiger partial charge in [-0.2, -0.15) is 0 Å². The first kappa shape index (κ1) is 18.1. The molecule has 3 nitrogen and oxygen atoms in total. The number of ether oxygens (including phenoxy) is 2. The molecule has 2 rings (SSSR count). The van der Waals surface area contributed by atoms with E-state index in [1.165, 1.54) is 0 Å². The van der Waals surface area contributed by atoms with Crippen molar-refractivity contribution >= 4 is 27.5 Å². The van der Waals surface area contributed by atoms with E-state index in [-0.39, 0.29) is 0 Å². The topological polar surface area (TPSA) is 30.5 Å². The summed E-state index contributed by atoms with van der Waals surface area (Å²) < 4.78 is 12.3. The van der Waals surface area contributed by atoms with E-state index in [0.29, 0.717) is 12.4 Å². The molecule has 0 saturated heterocycles. The summed E-state index contributed by atoms with van der Waals surface area (Å²) in [6, 6.07) is 11.7. The molecule has 5 heteroatoms. The largest absolute Gasteiger partial charge is 0.493 e. The van der Waals surface area contributed by atoms with Crippen LogP contribution in [-0.4, -0.2) is 13.7 Å². The highest BCUT2D eigenvalue weighted by Crippen LogP contribution is 2.37. The SMILES string of the molecule is CCCNCc1cc(Br)c(OCc2ccc(Cl)cc2)c(OC)c1. The Hall–Kier alpha value is -1.23. The van der Waals surface area contributed by atoms with Gasteiger partial charge in [-0.3, -0.25) is 0 Å². The Bertz CT molecular complexity index is 632.